The smallest absolute Gasteiger partial charge is 0.0760 e. The summed E-state index contributed by atoms with van der Waals surface area (Å²) in [5.74, 6) is 0. The van der Waals surface area contributed by atoms with E-state index in [0.29, 0.717) is 0 Å². The molecule has 18 heavy (non-hydrogen) atoms. The monoisotopic (exact) mass is 248 g/mol. The fourth-order valence-electron chi connectivity index (χ4n) is 2.98. The third-order valence-electron chi connectivity index (χ3n) is 3.21. The van der Waals surface area contributed by atoms with Gasteiger partial charge in [0.05, 0.1) is 11.2 Å². The van der Waals surface area contributed by atoms with Crippen LogP contribution in [-0.4, -0.2) is 29.2 Å². The maximum Gasteiger partial charge on any atom is 0.0760 e. The van der Waals surface area contributed by atoms with Gasteiger partial charge in [0.2, 0.25) is 0 Å². The Hall–Kier alpha value is -1.06. The molecule has 0 saturated carbocycles. The lowest BCUT2D eigenvalue weighted by atomic mass is 9.98. The second-order valence-corrected chi connectivity index (χ2v) is 6.47. The molecule has 0 spiro atoms. The van der Waals surface area contributed by atoms with Crippen molar-refractivity contribution < 1.29 is 4.74 Å². The lowest BCUT2D eigenvalue weighted by Gasteiger charge is -2.47. The Kier molecular flexibility index (Phi) is 3.39. The van der Waals surface area contributed by atoms with Gasteiger partial charge >= 0.3 is 0 Å². The topological polar surface area (TPSA) is 38.5 Å². The first kappa shape index (κ1) is 13.4. The minimum Gasteiger partial charge on any atom is -0.398 e. The summed E-state index contributed by atoms with van der Waals surface area (Å²) in [7, 11) is 0. The first-order valence-electron chi connectivity index (χ1n) is 6.53. The number of nitrogens with two attached hydrogens (primary N) is 1. The van der Waals surface area contributed by atoms with Gasteiger partial charge < -0.3 is 10.5 Å². The lowest BCUT2D eigenvalue weighted by Crippen LogP contribution is -2.56. The van der Waals surface area contributed by atoms with Crippen LogP contribution in [0.25, 0.3) is 0 Å². The highest BCUT2D eigenvalue weighted by Crippen LogP contribution is 2.29. The molecule has 0 bridgehead atoms. The number of morpholine rings is 1. The van der Waals surface area contributed by atoms with Crippen LogP contribution in [0.1, 0.15) is 33.3 Å². The summed E-state index contributed by atoms with van der Waals surface area (Å²) in [6.07, 6.45) is 0. The molecule has 0 aromatic heterocycles. The van der Waals surface area contributed by atoms with Crippen molar-refractivity contribution in [3.8, 4) is 0 Å². The third-order valence-corrected chi connectivity index (χ3v) is 3.21. The molecule has 1 aliphatic heterocycles. The molecule has 1 fully saturated rings. The Morgan fingerprint density at radius 3 is 2.22 bits per heavy atom. The van der Waals surface area contributed by atoms with Crippen LogP contribution in [0.3, 0.4) is 0 Å². The molecule has 1 aromatic carbocycles. The van der Waals surface area contributed by atoms with E-state index in [1.807, 2.05) is 18.2 Å². The Morgan fingerprint density at radius 2 is 1.67 bits per heavy atom. The molecule has 3 heteroatoms. The van der Waals surface area contributed by atoms with Gasteiger partial charge in [-0.05, 0) is 39.3 Å². The summed E-state index contributed by atoms with van der Waals surface area (Å²) in [5.41, 5.74) is 7.88. The van der Waals surface area contributed by atoms with Gasteiger partial charge in [0.1, 0.15) is 0 Å². The molecule has 100 valence electrons. The molecule has 0 radical (unpaired) electrons. The first-order chi connectivity index (χ1) is 8.27. The van der Waals surface area contributed by atoms with Crippen molar-refractivity contribution in [2.75, 3.05) is 18.8 Å². The molecule has 2 N–H and O–H groups in total. The number of nitrogens with zero attached hydrogens (tertiary/aromatic N) is 1. The minimum atomic E-state index is -0.106. The molecule has 2 rings (SSSR count). The van der Waals surface area contributed by atoms with Crippen LogP contribution in [0, 0.1) is 0 Å². The van der Waals surface area contributed by atoms with Gasteiger partial charge in [-0.25, -0.2) is 0 Å². The number of benzene rings is 1. The third kappa shape index (κ3) is 3.24. The Balaban J connectivity index is 2.12. The average Bonchev–Trinajstić information content (AvgIpc) is 2.16. The van der Waals surface area contributed by atoms with Crippen LogP contribution in [-0.2, 0) is 11.3 Å². The predicted octanol–water partition coefficient (Wildman–Crippen LogP) is 2.66. The van der Waals surface area contributed by atoms with Gasteiger partial charge in [-0.3, -0.25) is 4.90 Å². The Bertz CT molecular complexity index is 410. The highest BCUT2D eigenvalue weighted by molar-refractivity contribution is 5.46. The zero-order chi connectivity index (χ0) is 13.4. The van der Waals surface area contributed by atoms with E-state index in [-0.39, 0.29) is 11.2 Å². The molecule has 1 heterocycles. The molecule has 1 saturated heterocycles. The van der Waals surface area contributed by atoms with Gasteiger partial charge in [-0.15, -0.1) is 0 Å². The molecule has 0 unspecified atom stereocenters. The quantitative estimate of drug-likeness (QED) is 0.818. The number of anilines is 1. The van der Waals surface area contributed by atoms with E-state index in [4.69, 9.17) is 10.5 Å². The first-order valence-corrected chi connectivity index (χ1v) is 6.53. The molecule has 0 amide bonds. The summed E-state index contributed by atoms with van der Waals surface area (Å²) in [6.45, 7) is 11.4. The summed E-state index contributed by atoms with van der Waals surface area (Å²) >= 11 is 0. The molecule has 1 aromatic rings. The lowest BCUT2D eigenvalue weighted by molar-refractivity contribution is -0.182. The van der Waals surface area contributed by atoms with E-state index in [1.165, 1.54) is 5.56 Å². The fourth-order valence-corrected chi connectivity index (χ4v) is 2.98. The van der Waals surface area contributed by atoms with Crippen LogP contribution in [0.4, 0.5) is 5.69 Å². The summed E-state index contributed by atoms with van der Waals surface area (Å²) in [6, 6.07) is 8.09. The number of ether oxygens (including phenoxy) is 1. The Labute approximate surface area is 110 Å². The number of hydrogen-bond donors (Lipinski definition) is 1. The summed E-state index contributed by atoms with van der Waals surface area (Å²) in [5, 5.41) is 0. The SMILES string of the molecule is CC1(C)CN(Cc2ccccc2N)CC(C)(C)O1. The standard InChI is InChI=1S/C15H24N2O/c1-14(2)10-17(11-15(3,4)18-14)9-12-7-5-6-8-13(12)16/h5-8H,9-11,16H2,1-4H3. The van der Waals surface area contributed by atoms with Crippen molar-refractivity contribution in [2.24, 2.45) is 0 Å². The molecule has 0 atom stereocenters. The number of rotatable bonds is 2. The second-order valence-electron chi connectivity index (χ2n) is 6.47. The van der Waals surface area contributed by atoms with Crippen molar-refractivity contribution in [3.63, 3.8) is 0 Å². The van der Waals surface area contributed by atoms with Crippen LogP contribution >= 0.6 is 0 Å². The van der Waals surface area contributed by atoms with E-state index >= 15 is 0 Å². The van der Waals surface area contributed by atoms with Crippen molar-refractivity contribution in [2.45, 2.75) is 45.4 Å². The highest BCUT2D eigenvalue weighted by Gasteiger charge is 2.37. The van der Waals surface area contributed by atoms with E-state index in [9.17, 15) is 0 Å². The number of hydrogen-bond acceptors (Lipinski definition) is 3. The highest BCUT2D eigenvalue weighted by atomic mass is 16.5. The maximum atomic E-state index is 6.09. The maximum absolute atomic E-state index is 6.09. The van der Waals surface area contributed by atoms with Crippen molar-refractivity contribution in [3.05, 3.63) is 29.8 Å². The van der Waals surface area contributed by atoms with E-state index in [0.717, 1.165) is 25.3 Å². The van der Waals surface area contributed by atoms with Crippen LogP contribution < -0.4 is 5.73 Å². The fraction of sp³-hybridized carbons (Fsp3) is 0.600. The van der Waals surface area contributed by atoms with E-state index in [1.54, 1.807) is 0 Å². The zero-order valence-electron chi connectivity index (χ0n) is 11.9. The van der Waals surface area contributed by atoms with Crippen LogP contribution in [0.5, 0.6) is 0 Å². The summed E-state index contributed by atoms with van der Waals surface area (Å²) in [4.78, 5) is 2.43. The number of nitrogen functional groups attached to an aromatic ring is 1. The molecule has 1 aliphatic rings. The number of para-hydroxylation sites is 1. The average molecular weight is 248 g/mol. The van der Waals surface area contributed by atoms with Crippen LogP contribution in [0.2, 0.25) is 0 Å². The molecular formula is C15H24N2O. The van der Waals surface area contributed by atoms with Crippen LogP contribution in [0.15, 0.2) is 24.3 Å². The zero-order valence-corrected chi connectivity index (χ0v) is 11.9. The van der Waals surface area contributed by atoms with E-state index < -0.39 is 0 Å². The van der Waals surface area contributed by atoms with Gasteiger partial charge in [0, 0.05) is 25.3 Å². The predicted molar refractivity (Wildman–Crippen MR) is 75.4 cm³/mol. The molecule has 0 aliphatic carbocycles. The van der Waals surface area contributed by atoms with Gasteiger partial charge in [0.25, 0.3) is 0 Å². The Morgan fingerprint density at radius 1 is 1.11 bits per heavy atom. The second kappa shape index (κ2) is 4.56. The molecule has 3 nitrogen and oxygen atoms in total. The van der Waals surface area contributed by atoms with Crippen molar-refractivity contribution in [1.82, 2.24) is 4.90 Å². The summed E-state index contributed by atoms with van der Waals surface area (Å²) < 4.78 is 6.09. The normalized spacial score (nSPS) is 22.9. The van der Waals surface area contributed by atoms with Crippen molar-refractivity contribution >= 4 is 5.69 Å². The van der Waals surface area contributed by atoms with Crippen molar-refractivity contribution in [1.29, 1.82) is 0 Å². The molecular weight excluding hydrogens is 224 g/mol. The van der Waals surface area contributed by atoms with Gasteiger partial charge in [0.15, 0.2) is 0 Å². The van der Waals surface area contributed by atoms with Gasteiger partial charge in [-0.2, -0.15) is 0 Å². The minimum absolute atomic E-state index is 0.106. The largest absolute Gasteiger partial charge is 0.398 e. The van der Waals surface area contributed by atoms with E-state index in [2.05, 4.69) is 38.7 Å². The van der Waals surface area contributed by atoms with Gasteiger partial charge in [-0.1, -0.05) is 18.2 Å².